The number of aliphatic hydroxyl groups excluding tert-OH is 4. The van der Waals surface area contributed by atoms with Gasteiger partial charge in [0.1, 0.15) is 24.1 Å². The second-order valence-electron chi connectivity index (χ2n) is 7.27. The summed E-state index contributed by atoms with van der Waals surface area (Å²) in [6.45, 7) is 2.21. The monoisotopic (exact) mass is 422 g/mol. The van der Waals surface area contributed by atoms with Gasteiger partial charge in [-0.3, -0.25) is 0 Å². The molecular weight excluding hydrogens is 396 g/mol. The first-order chi connectivity index (χ1) is 13.9. The van der Waals surface area contributed by atoms with Gasteiger partial charge in [0, 0.05) is 10.9 Å². The predicted molar refractivity (Wildman–Crippen MR) is 109 cm³/mol. The minimum Gasteiger partial charge on any atom is -0.494 e. The Labute approximate surface area is 175 Å². The molecule has 0 amide bonds. The summed E-state index contributed by atoms with van der Waals surface area (Å²) in [5, 5.41) is 40.9. The fraction of sp³-hybridized carbons (Fsp3) is 0.455. The van der Waals surface area contributed by atoms with Crippen LogP contribution in [0.5, 0.6) is 5.75 Å². The van der Waals surface area contributed by atoms with Gasteiger partial charge in [-0.1, -0.05) is 35.9 Å². The van der Waals surface area contributed by atoms with Crippen LogP contribution in [0.25, 0.3) is 0 Å². The number of halogens is 1. The van der Waals surface area contributed by atoms with Crippen LogP contribution in [0, 0.1) is 5.92 Å². The summed E-state index contributed by atoms with van der Waals surface area (Å²) >= 11 is 6.38. The third-order valence-corrected chi connectivity index (χ3v) is 5.61. The van der Waals surface area contributed by atoms with Crippen LogP contribution in [0.4, 0.5) is 0 Å². The van der Waals surface area contributed by atoms with Crippen molar-refractivity contribution in [2.75, 3.05) is 19.8 Å². The molecule has 5 atom stereocenters. The van der Waals surface area contributed by atoms with Crippen molar-refractivity contribution in [2.45, 2.75) is 37.8 Å². The van der Waals surface area contributed by atoms with E-state index >= 15 is 0 Å². The van der Waals surface area contributed by atoms with Crippen molar-refractivity contribution in [1.29, 1.82) is 0 Å². The first-order valence-corrected chi connectivity index (χ1v) is 10.1. The molecule has 1 fully saturated rings. The van der Waals surface area contributed by atoms with Crippen LogP contribution in [-0.4, -0.2) is 58.6 Å². The van der Waals surface area contributed by atoms with E-state index < -0.39 is 30.3 Å². The Hall–Kier alpha value is -1.67. The summed E-state index contributed by atoms with van der Waals surface area (Å²) in [5.74, 6) is 0.136. The third kappa shape index (κ3) is 5.09. The molecule has 158 valence electrons. The normalized spacial score (nSPS) is 27.4. The maximum absolute atomic E-state index is 10.5. The van der Waals surface area contributed by atoms with Crippen molar-refractivity contribution in [3.63, 3.8) is 0 Å². The van der Waals surface area contributed by atoms with E-state index in [2.05, 4.69) is 0 Å². The summed E-state index contributed by atoms with van der Waals surface area (Å²) < 4.78 is 11.2. The highest BCUT2D eigenvalue weighted by Gasteiger charge is 2.40. The van der Waals surface area contributed by atoms with E-state index in [1.54, 1.807) is 12.1 Å². The maximum Gasteiger partial charge on any atom is 0.119 e. The number of hydrogen-bond acceptors (Lipinski definition) is 6. The SMILES string of the molecule is CCOc1ccc(Cc2cc([C@@H]3OCC(CO)[C@@H](O)C(O)C3O)ccc2Cl)cc1. The van der Waals surface area contributed by atoms with Crippen LogP contribution in [0.1, 0.15) is 29.7 Å². The van der Waals surface area contributed by atoms with Gasteiger partial charge in [0.15, 0.2) is 0 Å². The van der Waals surface area contributed by atoms with Gasteiger partial charge in [0.25, 0.3) is 0 Å². The highest BCUT2D eigenvalue weighted by Crippen LogP contribution is 2.33. The van der Waals surface area contributed by atoms with Crippen LogP contribution >= 0.6 is 11.6 Å². The maximum atomic E-state index is 10.5. The molecule has 0 radical (unpaired) electrons. The lowest BCUT2D eigenvalue weighted by molar-refractivity contribution is -0.0977. The molecule has 2 aromatic carbocycles. The Balaban J connectivity index is 1.82. The highest BCUT2D eigenvalue weighted by atomic mass is 35.5. The molecule has 3 unspecified atom stereocenters. The number of aliphatic hydroxyl groups is 4. The molecule has 3 rings (SSSR count). The van der Waals surface area contributed by atoms with Gasteiger partial charge in [-0.05, 0) is 48.2 Å². The van der Waals surface area contributed by atoms with Crippen molar-refractivity contribution >= 4 is 11.6 Å². The Bertz CT molecular complexity index is 796. The second kappa shape index (κ2) is 9.89. The van der Waals surface area contributed by atoms with Gasteiger partial charge >= 0.3 is 0 Å². The Kier molecular flexibility index (Phi) is 7.51. The van der Waals surface area contributed by atoms with Crippen molar-refractivity contribution in [3.05, 3.63) is 64.2 Å². The molecule has 0 saturated carbocycles. The molecule has 0 bridgehead atoms. The van der Waals surface area contributed by atoms with E-state index in [1.807, 2.05) is 37.3 Å². The molecule has 1 saturated heterocycles. The lowest BCUT2D eigenvalue weighted by Crippen LogP contribution is -2.43. The molecule has 1 aliphatic heterocycles. The molecule has 0 aromatic heterocycles. The molecule has 1 heterocycles. The fourth-order valence-corrected chi connectivity index (χ4v) is 3.72. The average molecular weight is 423 g/mol. The number of rotatable bonds is 6. The predicted octanol–water partition coefficient (Wildman–Crippen LogP) is 2.09. The van der Waals surface area contributed by atoms with Gasteiger partial charge in [0.2, 0.25) is 0 Å². The van der Waals surface area contributed by atoms with E-state index in [-0.39, 0.29) is 13.2 Å². The Morgan fingerprint density at radius 2 is 1.76 bits per heavy atom. The summed E-state index contributed by atoms with van der Waals surface area (Å²) in [4.78, 5) is 0. The van der Waals surface area contributed by atoms with Gasteiger partial charge in [-0.25, -0.2) is 0 Å². The minimum absolute atomic E-state index is 0.0211. The quantitative estimate of drug-likeness (QED) is 0.569. The third-order valence-electron chi connectivity index (χ3n) is 5.24. The Morgan fingerprint density at radius 3 is 2.41 bits per heavy atom. The smallest absolute Gasteiger partial charge is 0.119 e. The van der Waals surface area contributed by atoms with Crippen LogP contribution < -0.4 is 4.74 Å². The minimum atomic E-state index is -1.43. The summed E-state index contributed by atoms with van der Waals surface area (Å²) in [6.07, 6.45) is -4.29. The van der Waals surface area contributed by atoms with Crippen LogP contribution in [0.3, 0.4) is 0 Å². The molecule has 1 aliphatic rings. The molecule has 29 heavy (non-hydrogen) atoms. The lowest BCUT2D eigenvalue weighted by atomic mass is 9.92. The number of hydrogen-bond donors (Lipinski definition) is 4. The van der Waals surface area contributed by atoms with Crippen molar-refractivity contribution in [1.82, 2.24) is 0 Å². The standard InChI is InChI=1S/C22H27ClO6/c1-2-28-17-6-3-13(4-7-17)9-15-10-14(5-8-18(15)23)22-21(27)20(26)19(25)16(11-24)12-29-22/h3-8,10,16,19-22,24-27H,2,9,11-12H2,1H3/t16?,19-,20?,21?,22+/m1/s1. The topological polar surface area (TPSA) is 99.4 Å². The lowest BCUT2D eigenvalue weighted by Gasteiger charge is -2.26. The van der Waals surface area contributed by atoms with Gasteiger partial charge < -0.3 is 29.9 Å². The second-order valence-corrected chi connectivity index (χ2v) is 7.68. The first-order valence-electron chi connectivity index (χ1n) is 9.71. The van der Waals surface area contributed by atoms with E-state index in [9.17, 15) is 20.4 Å². The van der Waals surface area contributed by atoms with Crippen LogP contribution in [-0.2, 0) is 11.2 Å². The number of benzene rings is 2. The van der Waals surface area contributed by atoms with Crippen LogP contribution in [0.15, 0.2) is 42.5 Å². The van der Waals surface area contributed by atoms with Crippen molar-refractivity contribution < 1.29 is 29.9 Å². The zero-order valence-corrected chi connectivity index (χ0v) is 17.0. The highest BCUT2D eigenvalue weighted by molar-refractivity contribution is 6.31. The Morgan fingerprint density at radius 1 is 1.03 bits per heavy atom. The molecule has 2 aromatic rings. The van der Waals surface area contributed by atoms with Crippen LogP contribution in [0.2, 0.25) is 5.02 Å². The molecule has 4 N–H and O–H groups in total. The zero-order valence-electron chi connectivity index (χ0n) is 16.2. The van der Waals surface area contributed by atoms with Crippen molar-refractivity contribution in [3.8, 4) is 5.75 Å². The van der Waals surface area contributed by atoms with E-state index in [1.165, 1.54) is 0 Å². The first kappa shape index (κ1) is 22.0. The summed E-state index contributed by atoms with van der Waals surface area (Å²) in [7, 11) is 0. The van der Waals surface area contributed by atoms with Gasteiger partial charge in [-0.2, -0.15) is 0 Å². The molecule has 7 heteroatoms. The average Bonchev–Trinajstić information content (AvgIpc) is 2.83. The van der Waals surface area contributed by atoms with Crippen molar-refractivity contribution in [2.24, 2.45) is 5.92 Å². The number of ether oxygens (including phenoxy) is 2. The van der Waals surface area contributed by atoms with Gasteiger partial charge in [-0.15, -0.1) is 0 Å². The van der Waals surface area contributed by atoms with E-state index in [0.717, 1.165) is 16.9 Å². The summed E-state index contributed by atoms with van der Waals surface area (Å²) in [6, 6.07) is 13.0. The fourth-order valence-electron chi connectivity index (χ4n) is 3.54. The molecule has 0 aliphatic carbocycles. The summed E-state index contributed by atoms with van der Waals surface area (Å²) in [5.41, 5.74) is 2.54. The molecule has 6 nitrogen and oxygen atoms in total. The largest absolute Gasteiger partial charge is 0.494 e. The van der Waals surface area contributed by atoms with E-state index in [0.29, 0.717) is 23.6 Å². The molecular formula is C22H27ClO6. The van der Waals surface area contributed by atoms with E-state index in [4.69, 9.17) is 21.1 Å². The molecule has 0 spiro atoms. The van der Waals surface area contributed by atoms with Gasteiger partial charge in [0.05, 0.1) is 25.9 Å². The zero-order chi connectivity index (χ0) is 21.0.